The minimum absolute atomic E-state index is 0.285. The molecular formula is C23H23N3O5. The van der Waals surface area contributed by atoms with E-state index in [0.717, 1.165) is 34.7 Å². The number of ether oxygens (including phenoxy) is 2. The Bertz CT molecular complexity index is 1080. The van der Waals surface area contributed by atoms with E-state index >= 15 is 0 Å². The number of aryl methyl sites for hydroxylation is 1. The first kappa shape index (κ1) is 19.4. The molecule has 0 saturated carbocycles. The number of benzene rings is 2. The summed E-state index contributed by atoms with van der Waals surface area (Å²) in [5.74, 6) is 0.623. The predicted octanol–water partition coefficient (Wildman–Crippen LogP) is 2.20. The number of carbonyl (C=O) groups excluding carboxylic acids is 3. The minimum atomic E-state index is -1.18. The number of hydrogen-bond acceptors (Lipinski definition) is 5. The van der Waals surface area contributed by atoms with Crippen molar-refractivity contribution in [2.24, 2.45) is 0 Å². The van der Waals surface area contributed by atoms with Gasteiger partial charge in [-0.15, -0.1) is 0 Å². The molecule has 0 unspecified atom stereocenters. The first-order chi connectivity index (χ1) is 15.0. The summed E-state index contributed by atoms with van der Waals surface area (Å²) in [5.41, 5.74) is 1.27. The third-order valence-electron chi connectivity index (χ3n) is 6.26. The molecule has 2 aromatic carbocycles. The van der Waals surface area contributed by atoms with Crippen molar-refractivity contribution in [3.8, 4) is 11.5 Å². The van der Waals surface area contributed by atoms with Crippen molar-refractivity contribution in [1.29, 1.82) is 0 Å². The number of fused-ring (bicyclic) bond motifs is 3. The highest BCUT2D eigenvalue weighted by molar-refractivity contribution is 6.11. The number of rotatable bonds is 3. The summed E-state index contributed by atoms with van der Waals surface area (Å²) in [6.45, 7) is 0.552. The van der Waals surface area contributed by atoms with Crippen LogP contribution in [-0.2, 0) is 21.5 Å². The lowest BCUT2D eigenvalue weighted by Gasteiger charge is -2.33. The molecule has 3 aliphatic heterocycles. The Morgan fingerprint density at radius 2 is 2.06 bits per heavy atom. The number of amides is 4. The maximum Gasteiger partial charge on any atom is 0.325 e. The second kappa shape index (κ2) is 7.30. The number of urea groups is 1. The summed E-state index contributed by atoms with van der Waals surface area (Å²) in [7, 11) is 1.61. The van der Waals surface area contributed by atoms with Crippen LogP contribution in [0.5, 0.6) is 11.5 Å². The van der Waals surface area contributed by atoms with Crippen molar-refractivity contribution in [2.45, 2.75) is 24.8 Å². The summed E-state index contributed by atoms with van der Waals surface area (Å²) in [6, 6.07) is 12.2. The van der Waals surface area contributed by atoms with Crippen molar-refractivity contribution in [2.75, 3.05) is 31.7 Å². The fourth-order valence-corrected chi connectivity index (χ4v) is 4.70. The van der Waals surface area contributed by atoms with E-state index in [2.05, 4.69) is 5.32 Å². The van der Waals surface area contributed by atoms with Crippen molar-refractivity contribution in [1.82, 2.24) is 10.2 Å². The summed E-state index contributed by atoms with van der Waals surface area (Å²) < 4.78 is 10.9. The molecule has 3 heterocycles. The van der Waals surface area contributed by atoms with Gasteiger partial charge >= 0.3 is 6.03 Å². The predicted molar refractivity (Wildman–Crippen MR) is 112 cm³/mol. The van der Waals surface area contributed by atoms with E-state index in [1.807, 2.05) is 24.3 Å². The average molecular weight is 421 g/mol. The highest BCUT2D eigenvalue weighted by atomic mass is 16.5. The summed E-state index contributed by atoms with van der Waals surface area (Å²) in [5, 5.41) is 2.84. The van der Waals surface area contributed by atoms with Crippen LogP contribution in [-0.4, -0.2) is 49.6 Å². The smallest absolute Gasteiger partial charge is 0.325 e. The van der Waals surface area contributed by atoms with Crippen molar-refractivity contribution < 1.29 is 23.9 Å². The van der Waals surface area contributed by atoms with Crippen LogP contribution in [0.1, 0.15) is 24.0 Å². The molecule has 8 nitrogen and oxygen atoms in total. The summed E-state index contributed by atoms with van der Waals surface area (Å²) >= 11 is 0. The molecular weight excluding hydrogens is 398 g/mol. The number of para-hydroxylation sites is 1. The lowest BCUT2D eigenvalue weighted by Crippen LogP contribution is -2.48. The molecule has 2 aromatic rings. The Morgan fingerprint density at radius 3 is 2.90 bits per heavy atom. The van der Waals surface area contributed by atoms with Crippen LogP contribution in [0.2, 0.25) is 0 Å². The van der Waals surface area contributed by atoms with Crippen molar-refractivity contribution in [3.05, 3.63) is 53.6 Å². The van der Waals surface area contributed by atoms with E-state index < -0.39 is 17.5 Å². The van der Waals surface area contributed by atoms with Crippen LogP contribution in [0, 0.1) is 0 Å². The number of hydrogen-bond donors (Lipinski definition) is 1. The number of nitrogens with one attached hydrogen (secondary N) is 1. The van der Waals surface area contributed by atoms with Crippen LogP contribution in [0.25, 0.3) is 0 Å². The SMILES string of the molecule is COc1ccc2c(c1)CCCN2C(=O)CN1C(=O)N[C@@]2(CCOc3ccccc32)C1=O. The van der Waals surface area contributed by atoms with Gasteiger partial charge < -0.3 is 19.7 Å². The summed E-state index contributed by atoms with van der Waals surface area (Å²) in [4.78, 5) is 42.0. The maximum atomic E-state index is 13.4. The number of anilines is 1. The molecule has 1 N–H and O–H groups in total. The van der Waals surface area contributed by atoms with E-state index in [9.17, 15) is 14.4 Å². The number of methoxy groups -OCH3 is 1. The lowest BCUT2D eigenvalue weighted by molar-refractivity contribution is -0.135. The normalized spacial score (nSPS) is 22.0. The standard InChI is InChI=1S/C23H23N3O5/c1-30-16-8-9-18-15(13-16)5-4-11-25(18)20(27)14-26-21(28)23(24-22(26)29)10-12-31-19-7-3-2-6-17(19)23/h2-3,6-9,13H,4-5,10-12,14H2,1H3,(H,24,29)/t23-/m1/s1. The molecule has 1 atom stereocenters. The number of nitrogens with zero attached hydrogens (tertiary/aromatic N) is 2. The quantitative estimate of drug-likeness (QED) is 0.768. The average Bonchev–Trinajstić information content (AvgIpc) is 3.03. The molecule has 0 bridgehead atoms. The first-order valence-corrected chi connectivity index (χ1v) is 10.4. The van der Waals surface area contributed by atoms with Crippen LogP contribution in [0.3, 0.4) is 0 Å². The molecule has 3 aliphatic rings. The van der Waals surface area contributed by atoms with Gasteiger partial charge in [-0.25, -0.2) is 4.79 Å². The Morgan fingerprint density at radius 1 is 1.23 bits per heavy atom. The topological polar surface area (TPSA) is 88.2 Å². The zero-order valence-electron chi connectivity index (χ0n) is 17.2. The number of carbonyl (C=O) groups is 3. The maximum absolute atomic E-state index is 13.4. The molecule has 0 aliphatic carbocycles. The Balaban J connectivity index is 1.40. The second-order valence-electron chi connectivity index (χ2n) is 7.96. The Labute approximate surface area is 179 Å². The molecule has 31 heavy (non-hydrogen) atoms. The molecule has 0 radical (unpaired) electrons. The van der Waals surface area contributed by atoms with E-state index in [1.165, 1.54) is 0 Å². The lowest BCUT2D eigenvalue weighted by atomic mass is 9.84. The van der Waals surface area contributed by atoms with Gasteiger partial charge in [0.25, 0.3) is 5.91 Å². The highest BCUT2D eigenvalue weighted by Gasteiger charge is 2.55. The number of imide groups is 1. The van der Waals surface area contributed by atoms with Gasteiger partial charge in [0.1, 0.15) is 18.0 Å². The third kappa shape index (κ3) is 3.01. The van der Waals surface area contributed by atoms with Crippen LogP contribution in [0.15, 0.2) is 42.5 Å². The van der Waals surface area contributed by atoms with Gasteiger partial charge in [-0.1, -0.05) is 18.2 Å². The molecule has 4 amide bonds. The Kier molecular flexibility index (Phi) is 4.57. The van der Waals surface area contributed by atoms with E-state index in [-0.39, 0.29) is 12.5 Å². The van der Waals surface area contributed by atoms with Gasteiger partial charge in [-0.2, -0.15) is 0 Å². The van der Waals surface area contributed by atoms with Gasteiger partial charge in [0.2, 0.25) is 5.91 Å². The highest BCUT2D eigenvalue weighted by Crippen LogP contribution is 2.41. The van der Waals surface area contributed by atoms with Gasteiger partial charge in [0.05, 0.1) is 13.7 Å². The van der Waals surface area contributed by atoms with Gasteiger partial charge in [-0.05, 0) is 42.7 Å². The zero-order valence-corrected chi connectivity index (χ0v) is 17.2. The van der Waals surface area contributed by atoms with Crippen molar-refractivity contribution >= 4 is 23.5 Å². The fourth-order valence-electron chi connectivity index (χ4n) is 4.70. The molecule has 1 fully saturated rings. The zero-order chi connectivity index (χ0) is 21.6. The summed E-state index contributed by atoms with van der Waals surface area (Å²) in [6.07, 6.45) is 1.98. The second-order valence-corrected chi connectivity index (χ2v) is 7.96. The monoisotopic (exact) mass is 421 g/mol. The van der Waals surface area contributed by atoms with E-state index in [0.29, 0.717) is 30.9 Å². The first-order valence-electron chi connectivity index (χ1n) is 10.4. The molecule has 1 spiro atoms. The fraction of sp³-hybridized carbons (Fsp3) is 0.348. The van der Waals surface area contributed by atoms with Crippen LogP contribution < -0.4 is 19.7 Å². The molecule has 8 heteroatoms. The largest absolute Gasteiger partial charge is 0.497 e. The molecule has 160 valence electrons. The molecule has 1 saturated heterocycles. The molecule has 5 rings (SSSR count). The molecule has 0 aromatic heterocycles. The van der Waals surface area contributed by atoms with Crippen LogP contribution in [0.4, 0.5) is 10.5 Å². The van der Waals surface area contributed by atoms with Crippen molar-refractivity contribution in [3.63, 3.8) is 0 Å². The van der Waals surface area contributed by atoms with Gasteiger partial charge in [0.15, 0.2) is 5.54 Å². The van der Waals surface area contributed by atoms with Crippen LogP contribution >= 0.6 is 0 Å². The van der Waals surface area contributed by atoms with E-state index in [4.69, 9.17) is 9.47 Å². The van der Waals surface area contributed by atoms with E-state index in [1.54, 1.807) is 30.2 Å². The third-order valence-corrected chi connectivity index (χ3v) is 6.26. The Hall–Kier alpha value is -3.55. The van der Waals surface area contributed by atoms with Gasteiger partial charge in [-0.3, -0.25) is 14.5 Å². The van der Waals surface area contributed by atoms with Gasteiger partial charge in [0, 0.05) is 24.2 Å². The minimum Gasteiger partial charge on any atom is -0.497 e.